The van der Waals surface area contributed by atoms with E-state index in [1.54, 1.807) is 0 Å². The molecular weight excluding hydrogens is 226 g/mol. The molecule has 0 saturated heterocycles. The molecule has 1 aliphatic carbocycles. The lowest BCUT2D eigenvalue weighted by atomic mass is 9.91. The molecule has 1 nitrogen and oxygen atoms in total. The molecule has 17 heavy (non-hydrogen) atoms. The molecule has 4 atom stereocenters. The van der Waals surface area contributed by atoms with Gasteiger partial charge in [-0.3, -0.25) is 0 Å². The van der Waals surface area contributed by atoms with E-state index >= 15 is 0 Å². The lowest BCUT2D eigenvalue weighted by molar-refractivity contribution is 0.392. The summed E-state index contributed by atoms with van der Waals surface area (Å²) in [6, 6.07) is 0.706. The summed E-state index contributed by atoms with van der Waals surface area (Å²) >= 11 is 2.24. The van der Waals surface area contributed by atoms with Gasteiger partial charge < -0.3 is 5.32 Å². The maximum absolute atomic E-state index is 3.70. The van der Waals surface area contributed by atoms with Crippen molar-refractivity contribution in [2.24, 2.45) is 5.92 Å². The van der Waals surface area contributed by atoms with Gasteiger partial charge in [0.05, 0.1) is 0 Å². The minimum Gasteiger partial charge on any atom is -0.313 e. The molecule has 4 unspecified atom stereocenters. The fourth-order valence-corrected chi connectivity index (χ4v) is 4.70. The van der Waals surface area contributed by atoms with Crippen molar-refractivity contribution in [3.8, 4) is 0 Å². The first kappa shape index (κ1) is 15.4. The fraction of sp³-hybridized carbons (Fsp3) is 1.00. The predicted octanol–water partition coefficient (Wildman–Crippen LogP) is 4.47. The quantitative estimate of drug-likeness (QED) is 0.722. The Hall–Kier alpha value is 0.310. The number of hydrogen-bond acceptors (Lipinski definition) is 2. The van der Waals surface area contributed by atoms with E-state index in [1.165, 1.54) is 45.1 Å². The SMILES string of the molecule is CCCNC(CC)C(C)SC1CCCC(C)C1. The van der Waals surface area contributed by atoms with Crippen LogP contribution in [0.3, 0.4) is 0 Å². The van der Waals surface area contributed by atoms with Gasteiger partial charge in [0.15, 0.2) is 0 Å². The molecule has 1 saturated carbocycles. The highest BCUT2D eigenvalue weighted by Crippen LogP contribution is 2.35. The second-order valence-corrected chi connectivity index (χ2v) is 7.39. The van der Waals surface area contributed by atoms with E-state index in [4.69, 9.17) is 0 Å². The van der Waals surface area contributed by atoms with Crippen molar-refractivity contribution in [1.82, 2.24) is 5.32 Å². The van der Waals surface area contributed by atoms with Gasteiger partial charge in [0, 0.05) is 16.5 Å². The lowest BCUT2D eigenvalue weighted by Gasteiger charge is -2.31. The smallest absolute Gasteiger partial charge is 0.0181 e. The first-order chi connectivity index (χ1) is 8.17. The van der Waals surface area contributed by atoms with E-state index in [0.29, 0.717) is 6.04 Å². The third kappa shape index (κ3) is 5.65. The average molecular weight is 257 g/mol. The van der Waals surface area contributed by atoms with E-state index in [2.05, 4.69) is 44.8 Å². The predicted molar refractivity (Wildman–Crippen MR) is 80.8 cm³/mol. The summed E-state index contributed by atoms with van der Waals surface area (Å²) < 4.78 is 0. The van der Waals surface area contributed by atoms with Crippen molar-refractivity contribution in [2.45, 2.75) is 82.8 Å². The normalized spacial score (nSPS) is 28.9. The van der Waals surface area contributed by atoms with Gasteiger partial charge >= 0.3 is 0 Å². The van der Waals surface area contributed by atoms with E-state index in [9.17, 15) is 0 Å². The van der Waals surface area contributed by atoms with Crippen LogP contribution in [0.4, 0.5) is 0 Å². The summed E-state index contributed by atoms with van der Waals surface area (Å²) in [4.78, 5) is 0. The molecule has 0 aromatic rings. The minimum atomic E-state index is 0.706. The van der Waals surface area contributed by atoms with Gasteiger partial charge in [-0.2, -0.15) is 11.8 Å². The highest BCUT2D eigenvalue weighted by atomic mass is 32.2. The molecule has 0 radical (unpaired) electrons. The van der Waals surface area contributed by atoms with Crippen molar-refractivity contribution in [3.05, 3.63) is 0 Å². The molecule has 1 aliphatic rings. The molecule has 0 heterocycles. The van der Waals surface area contributed by atoms with Crippen molar-refractivity contribution >= 4 is 11.8 Å². The summed E-state index contributed by atoms with van der Waals surface area (Å²) in [7, 11) is 0. The summed E-state index contributed by atoms with van der Waals surface area (Å²) in [5, 5.41) is 5.39. The highest BCUT2D eigenvalue weighted by Gasteiger charge is 2.24. The zero-order valence-electron chi connectivity index (χ0n) is 12.2. The molecule has 0 spiro atoms. The van der Waals surface area contributed by atoms with Gasteiger partial charge in [0.2, 0.25) is 0 Å². The molecule has 102 valence electrons. The second kappa shape index (κ2) is 8.42. The molecular formula is C15H31NS. The number of hydrogen-bond donors (Lipinski definition) is 1. The van der Waals surface area contributed by atoms with Gasteiger partial charge in [0.1, 0.15) is 0 Å². The highest BCUT2D eigenvalue weighted by molar-refractivity contribution is 8.00. The molecule has 0 amide bonds. The van der Waals surface area contributed by atoms with Gasteiger partial charge in [-0.1, -0.05) is 40.5 Å². The standard InChI is InChI=1S/C15H31NS/c1-5-10-16-15(6-2)13(4)17-14-9-7-8-12(3)11-14/h12-16H,5-11H2,1-4H3. The Morgan fingerprint density at radius 2 is 2.06 bits per heavy atom. The van der Waals surface area contributed by atoms with Gasteiger partial charge in [-0.05, 0) is 38.1 Å². The molecule has 2 heteroatoms. The van der Waals surface area contributed by atoms with Crippen LogP contribution in [0.15, 0.2) is 0 Å². The van der Waals surface area contributed by atoms with E-state index in [1.807, 2.05) is 0 Å². The van der Waals surface area contributed by atoms with Gasteiger partial charge in [-0.15, -0.1) is 0 Å². The van der Waals surface area contributed by atoms with Crippen LogP contribution >= 0.6 is 11.8 Å². The Kier molecular flexibility index (Phi) is 7.61. The third-order valence-corrected chi connectivity index (χ3v) is 5.53. The Morgan fingerprint density at radius 3 is 2.65 bits per heavy atom. The Morgan fingerprint density at radius 1 is 1.29 bits per heavy atom. The van der Waals surface area contributed by atoms with Crippen molar-refractivity contribution < 1.29 is 0 Å². The van der Waals surface area contributed by atoms with Crippen LogP contribution in [-0.4, -0.2) is 23.1 Å². The summed E-state index contributed by atoms with van der Waals surface area (Å²) in [5.74, 6) is 0.956. The van der Waals surface area contributed by atoms with Crippen LogP contribution < -0.4 is 5.32 Å². The Labute approximate surface area is 113 Å². The third-order valence-electron chi connectivity index (χ3n) is 3.96. The van der Waals surface area contributed by atoms with Crippen LogP contribution in [0, 0.1) is 5.92 Å². The molecule has 1 N–H and O–H groups in total. The monoisotopic (exact) mass is 257 g/mol. The van der Waals surface area contributed by atoms with Crippen LogP contribution in [0.2, 0.25) is 0 Å². The lowest BCUT2D eigenvalue weighted by Crippen LogP contribution is -2.37. The van der Waals surface area contributed by atoms with E-state index in [0.717, 1.165) is 16.4 Å². The minimum absolute atomic E-state index is 0.706. The second-order valence-electron chi connectivity index (χ2n) is 5.70. The van der Waals surface area contributed by atoms with Crippen molar-refractivity contribution in [1.29, 1.82) is 0 Å². The molecule has 1 fully saturated rings. The number of thioether (sulfide) groups is 1. The average Bonchev–Trinajstić information content (AvgIpc) is 2.30. The summed E-state index contributed by atoms with van der Waals surface area (Å²) in [5.41, 5.74) is 0. The zero-order chi connectivity index (χ0) is 12.7. The summed E-state index contributed by atoms with van der Waals surface area (Å²) in [6.45, 7) is 10.6. The number of rotatable bonds is 7. The van der Waals surface area contributed by atoms with Gasteiger partial charge in [-0.25, -0.2) is 0 Å². The zero-order valence-corrected chi connectivity index (χ0v) is 13.0. The first-order valence-corrected chi connectivity index (χ1v) is 8.50. The summed E-state index contributed by atoms with van der Waals surface area (Å²) in [6.07, 6.45) is 8.30. The Bertz CT molecular complexity index is 195. The van der Waals surface area contributed by atoms with Crippen molar-refractivity contribution in [3.63, 3.8) is 0 Å². The topological polar surface area (TPSA) is 12.0 Å². The van der Waals surface area contributed by atoms with Crippen LogP contribution in [0.1, 0.15) is 66.2 Å². The Balaban J connectivity index is 2.32. The maximum atomic E-state index is 3.70. The largest absolute Gasteiger partial charge is 0.313 e. The molecule has 0 aliphatic heterocycles. The number of nitrogens with one attached hydrogen (secondary N) is 1. The van der Waals surface area contributed by atoms with E-state index < -0.39 is 0 Å². The van der Waals surface area contributed by atoms with E-state index in [-0.39, 0.29) is 0 Å². The maximum Gasteiger partial charge on any atom is 0.0181 e. The fourth-order valence-electron chi connectivity index (χ4n) is 2.87. The molecule has 0 aromatic heterocycles. The van der Waals surface area contributed by atoms with Crippen LogP contribution in [-0.2, 0) is 0 Å². The van der Waals surface area contributed by atoms with Crippen LogP contribution in [0.5, 0.6) is 0 Å². The van der Waals surface area contributed by atoms with Gasteiger partial charge in [0.25, 0.3) is 0 Å². The first-order valence-electron chi connectivity index (χ1n) is 7.56. The molecule has 0 aromatic carbocycles. The molecule has 1 rings (SSSR count). The molecule has 0 bridgehead atoms. The van der Waals surface area contributed by atoms with Crippen LogP contribution in [0.25, 0.3) is 0 Å². The van der Waals surface area contributed by atoms with Crippen molar-refractivity contribution in [2.75, 3.05) is 6.54 Å².